The minimum atomic E-state index is -5.08. The Morgan fingerprint density at radius 1 is 1.30 bits per heavy atom. The number of carboxylic acid groups (broad SMARTS) is 1. The number of anilines is 1. The minimum Gasteiger partial charge on any atom is -0.475 e. The molecule has 3 aromatic rings. The number of pyridine rings is 1. The first-order chi connectivity index (χ1) is 14.0. The molecule has 0 fully saturated rings. The molecule has 0 bridgehead atoms. The van der Waals surface area contributed by atoms with Crippen molar-refractivity contribution in [2.75, 3.05) is 19.9 Å². The highest BCUT2D eigenvalue weighted by atomic mass is 19.4. The zero-order chi connectivity index (χ0) is 22.6. The van der Waals surface area contributed by atoms with E-state index in [9.17, 15) is 13.2 Å². The summed E-state index contributed by atoms with van der Waals surface area (Å²) in [6.45, 7) is 5.85. The van der Waals surface area contributed by atoms with Crippen LogP contribution in [0.15, 0.2) is 24.3 Å². The molecule has 8 nitrogen and oxygen atoms in total. The zero-order valence-corrected chi connectivity index (χ0v) is 17.1. The quantitative estimate of drug-likeness (QED) is 0.601. The summed E-state index contributed by atoms with van der Waals surface area (Å²) in [5, 5.41) is 9.96. The summed E-state index contributed by atoms with van der Waals surface area (Å²) in [5.41, 5.74) is 8.89. The maximum Gasteiger partial charge on any atom is 0.490 e. The number of nitrogen functional groups attached to an aromatic ring is 1. The molecule has 0 saturated heterocycles. The Hall–Kier alpha value is -2.92. The van der Waals surface area contributed by atoms with Gasteiger partial charge in [0.1, 0.15) is 11.3 Å². The molecule has 11 heteroatoms. The lowest BCUT2D eigenvalue weighted by molar-refractivity contribution is -0.192. The standard InChI is InChI=1S/C17H23N5O.C2HF3O2/c1-11(2)9-22-14(10-21(3)23-4)20-15-16(22)12-7-5-6-8-13(12)19-17(15)18;3-2(4,5)1(6)7/h5-8,11H,9-10H2,1-4H3,(H2,18,19);(H,6,7). The second-order valence-electron chi connectivity index (χ2n) is 7.02. The predicted octanol–water partition coefficient (Wildman–Crippen LogP) is 3.45. The van der Waals surface area contributed by atoms with Crippen molar-refractivity contribution in [2.24, 2.45) is 5.92 Å². The summed E-state index contributed by atoms with van der Waals surface area (Å²) < 4.78 is 34.0. The van der Waals surface area contributed by atoms with Crippen LogP contribution in [-0.2, 0) is 22.7 Å². The number of benzene rings is 1. The largest absolute Gasteiger partial charge is 0.490 e. The van der Waals surface area contributed by atoms with E-state index in [2.05, 4.69) is 29.5 Å². The number of rotatable bonds is 5. The third-order valence-electron chi connectivity index (χ3n) is 4.16. The second kappa shape index (κ2) is 9.26. The van der Waals surface area contributed by atoms with Gasteiger partial charge in [0.15, 0.2) is 5.82 Å². The van der Waals surface area contributed by atoms with Gasteiger partial charge in [-0.2, -0.15) is 18.2 Å². The molecule has 2 heterocycles. The Labute approximate surface area is 171 Å². The van der Waals surface area contributed by atoms with E-state index >= 15 is 0 Å². The van der Waals surface area contributed by atoms with Crippen LogP contribution in [0.3, 0.4) is 0 Å². The lowest BCUT2D eigenvalue weighted by atomic mass is 10.1. The molecule has 1 aromatic carbocycles. The van der Waals surface area contributed by atoms with Gasteiger partial charge < -0.3 is 20.2 Å². The van der Waals surface area contributed by atoms with Gasteiger partial charge in [0.25, 0.3) is 0 Å². The van der Waals surface area contributed by atoms with E-state index < -0.39 is 12.1 Å². The molecule has 30 heavy (non-hydrogen) atoms. The van der Waals surface area contributed by atoms with Crippen molar-refractivity contribution in [3.63, 3.8) is 0 Å². The van der Waals surface area contributed by atoms with Gasteiger partial charge in [-0.15, -0.1) is 0 Å². The number of halogens is 3. The molecule has 2 aromatic heterocycles. The van der Waals surface area contributed by atoms with Crippen LogP contribution in [0.4, 0.5) is 19.0 Å². The predicted molar refractivity (Wildman–Crippen MR) is 106 cm³/mol. The van der Waals surface area contributed by atoms with E-state index in [0.717, 1.165) is 34.3 Å². The molecular weight excluding hydrogens is 403 g/mol. The maximum absolute atomic E-state index is 10.6. The van der Waals surface area contributed by atoms with Crippen LogP contribution in [-0.4, -0.2) is 51.0 Å². The van der Waals surface area contributed by atoms with Crippen LogP contribution < -0.4 is 5.73 Å². The van der Waals surface area contributed by atoms with Crippen molar-refractivity contribution in [2.45, 2.75) is 33.1 Å². The zero-order valence-electron chi connectivity index (χ0n) is 17.1. The Kier molecular flexibility index (Phi) is 7.21. The highest BCUT2D eigenvalue weighted by Crippen LogP contribution is 2.29. The first kappa shape index (κ1) is 23.4. The third-order valence-corrected chi connectivity index (χ3v) is 4.16. The highest BCUT2D eigenvalue weighted by molar-refractivity contribution is 6.06. The molecule has 0 atom stereocenters. The normalized spacial score (nSPS) is 11.9. The van der Waals surface area contributed by atoms with Crippen molar-refractivity contribution in [1.82, 2.24) is 19.6 Å². The summed E-state index contributed by atoms with van der Waals surface area (Å²) in [6, 6.07) is 8.06. The Bertz CT molecular complexity index is 1030. The van der Waals surface area contributed by atoms with Crippen LogP contribution in [0.1, 0.15) is 19.7 Å². The molecule has 3 rings (SSSR count). The first-order valence-electron chi connectivity index (χ1n) is 9.04. The van der Waals surface area contributed by atoms with Crippen LogP contribution in [0.25, 0.3) is 21.9 Å². The van der Waals surface area contributed by atoms with Crippen molar-refractivity contribution in [3.8, 4) is 0 Å². The molecule has 3 N–H and O–H groups in total. The molecule has 0 aliphatic carbocycles. The third kappa shape index (κ3) is 5.36. The summed E-state index contributed by atoms with van der Waals surface area (Å²) in [5.74, 6) is -0.856. The van der Waals surface area contributed by atoms with Gasteiger partial charge in [-0.3, -0.25) is 0 Å². The van der Waals surface area contributed by atoms with Crippen LogP contribution in [0.5, 0.6) is 0 Å². The number of carboxylic acids is 1. The number of fused-ring (bicyclic) bond motifs is 3. The fourth-order valence-corrected chi connectivity index (χ4v) is 2.85. The average molecular weight is 427 g/mol. The number of nitrogens with two attached hydrogens (primary N) is 1. The minimum absolute atomic E-state index is 0.475. The lowest BCUT2D eigenvalue weighted by Gasteiger charge is -2.16. The van der Waals surface area contributed by atoms with Crippen molar-refractivity contribution in [3.05, 3.63) is 30.1 Å². The molecular formula is C19H24F3N5O3. The van der Waals surface area contributed by atoms with E-state index in [4.69, 9.17) is 25.5 Å². The Morgan fingerprint density at radius 3 is 2.43 bits per heavy atom. The van der Waals surface area contributed by atoms with Crippen molar-refractivity contribution < 1.29 is 27.9 Å². The molecule has 0 spiro atoms. The molecule has 0 aliphatic heterocycles. The first-order valence-corrected chi connectivity index (χ1v) is 9.04. The fraction of sp³-hybridized carbons (Fsp3) is 0.421. The average Bonchev–Trinajstić information content (AvgIpc) is 3.00. The molecule has 0 amide bonds. The molecule has 0 aliphatic rings. The lowest BCUT2D eigenvalue weighted by Crippen LogP contribution is -2.21. The number of imidazole rings is 1. The highest BCUT2D eigenvalue weighted by Gasteiger charge is 2.38. The number of carbonyl (C=O) groups is 1. The van der Waals surface area contributed by atoms with Crippen LogP contribution >= 0.6 is 0 Å². The number of aromatic nitrogens is 3. The smallest absolute Gasteiger partial charge is 0.475 e. The van der Waals surface area contributed by atoms with Crippen molar-refractivity contribution in [1.29, 1.82) is 0 Å². The van der Waals surface area contributed by atoms with Gasteiger partial charge in [-0.1, -0.05) is 32.0 Å². The van der Waals surface area contributed by atoms with Gasteiger partial charge in [-0.05, 0) is 12.0 Å². The van der Waals surface area contributed by atoms with E-state index in [-0.39, 0.29) is 0 Å². The number of nitrogens with zero attached hydrogens (tertiary/aromatic N) is 4. The van der Waals surface area contributed by atoms with E-state index in [1.807, 2.05) is 25.2 Å². The monoisotopic (exact) mass is 427 g/mol. The van der Waals surface area contributed by atoms with E-state index in [0.29, 0.717) is 18.3 Å². The number of hydrogen-bond donors (Lipinski definition) is 2. The topological polar surface area (TPSA) is 106 Å². The summed E-state index contributed by atoms with van der Waals surface area (Å²) in [4.78, 5) is 23.4. The van der Waals surface area contributed by atoms with Crippen molar-refractivity contribution >= 4 is 33.7 Å². The number of alkyl halides is 3. The van der Waals surface area contributed by atoms with Gasteiger partial charge in [-0.25, -0.2) is 14.8 Å². The van der Waals surface area contributed by atoms with Crippen LogP contribution in [0, 0.1) is 5.92 Å². The fourth-order valence-electron chi connectivity index (χ4n) is 2.85. The number of hydroxylamine groups is 2. The summed E-state index contributed by atoms with van der Waals surface area (Å²) in [7, 11) is 3.54. The maximum atomic E-state index is 10.6. The second-order valence-corrected chi connectivity index (χ2v) is 7.02. The van der Waals surface area contributed by atoms with Crippen LogP contribution in [0.2, 0.25) is 0 Å². The number of aliphatic carboxylic acids is 1. The Morgan fingerprint density at radius 2 is 1.90 bits per heavy atom. The van der Waals surface area contributed by atoms with Gasteiger partial charge >= 0.3 is 12.1 Å². The summed E-state index contributed by atoms with van der Waals surface area (Å²) in [6.07, 6.45) is -5.08. The van der Waals surface area contributed by atoms with Gasteiger partial charge in [0.2, 0.25) is 0 Å². The molecule has 0 unspecified atom stereocenters. The van der Waals surface area contributed by atoms with E-state index in [1.54, 1.807) is 12.2 Å². The number of para-hydroxylation sites is 1. The molecule has 0 radical (unpaired) electrons. The SMILES string of the molecule is CON(C)Cc1nc2c(N)nc3ccccc3c2n1CC(C)C.O=C(O)C(F)(F)F. The van der Waals surface area contributed by atoms with Gasteiger partial charge in [0, 0.05) is 19.0 Å². The Balaban J connectivity index is 0.000000396. The number of hydrogen-bond acceptors (Lipinski definition) is 6. The molecule has 164 valence electrons. The summed E-state index contributed by atoms with van der Waals surface area (Å²) >= 11 is 0. The van der Waals surface area contributed by atoms with E-state index in [1.165, 1.54) is 0 Å². The molecule has 0 saturated carbocycles. The van der Waals surface area contributed by atoms with Gasteiger partial charge in [0.05, 0.1) is 24.7 Å².